The zero-order valence-electron chi connectivity index (χ0n) is 17.2. The minimum atomic E-state index is -5.77. The van der Waals surface area contributed by atoms with Crippen LogP contribution in [0.2, 0.25) is 0 Å². The largest absolute Gasteiger partial charge is 0.458 e. The Balaban J connectivity index is 1.95. The Kier molecular flexibility index (Phi) is 7.01. The summed E-state index contributed by atoms with van der Waals surface area (Å²) < 4.78 is 70.0. The number of aliphatic hydroxyl groups is 5. The molecule has 5 atom stereocenters. The summed E-state index contributed by atoms with van der Waals surface area (Å²) in [6, 6.07) is 8.85. The van der Waals surface area contributed by atoms with Crippen LogP contribution in [0, 0.1) is 11.3 Å². The number of ether oxygens (including phenoxy) is 1. The number of halogens is 5. The van der Waals surface area contributed by atoms with Crippen molar-refractivity contribution in [3.63, 3.8) is 0 Å². The molecular formula is C22H20F5NO6. The SMILES string of the molecule is N#Cc1ccc([C@@]2(O)O[C@H](CO)[C@@H](O)[C@H](O)[C@H]2O)cc1Cc1ccc(C(F)(F)C(F)(F)F)cc1. The van der Waals surface area contributed by atoms with Gasteiger partial charge in [0.05, 0.1) is 18.2 Å². The Hall–Kier alpha value is -2.66. The molecule has 3 rings (SSSR count). The van der Waals surface area contributed by atoms with Crippen LogP contribution >= 0.6 is 0 Å². The van der Waals surface area contributed by atoms with E-state index < -0.39 is 54.5 Å². The third-order valence-corrected chi connectivity index (χ3v) is 5.67. The van der Waals surface area contributed by atoms with Gasteiger partial charge in [-0.15, -0.1) is 0 Å². The molecule has 0 aromatic heterocycles. The molecule has 0 bridgehead atoms. The fourth-order valence-electron chi connectivity index (χ4n) is 3.68. The topological polar surface area (TPSA) is 134 Å². The van der Waals surface area contributed by atoms with Gasteiger partial charge >= 0.3 is 12.1 Å². The van der Waals surface area contributed by atoms with Crippen molar-refractivity contribution in [2.45, 2.75) is 48.7 Å². The number of nitriles is 1. The van der Waals surface area contributed by atoms with Crippen LogP contribution in [0.4, 0.5) is 22.0 Å². The van der Waals surface area contributed by atoms with Crippen molar-refractivity contribution in [3.8, 4) is 6.07 Å². The first-order valence-electron chi connectivity index (χ1n) is 9.89. The van der Waals surface area contributed by atoms with E-state index in [0.717, 1.165) is 12.1 Å². The molecule has 1 heterocycles. The van der Waals surface area contributed by atoms with Gasteiger partial charge in [0.1, 0.15) is 24.4 Å². The summed E-state index contributed by atoms with van der Waals surface area (Å²) in [5, 5.41) is 59.9. The molecule has 0 aliphatic carbocycles. The first-order valence-corrected chi connectivity index (χ1v) is 9.89. The molecule has 1 aliphatic rings. The highest BCUT2D eigenvalue weighted by atomic mass is 19.4. The van der Waals surface area contributed by atoms with E-state index in [4.69, 9.17) is 4.74 Å². The van der Waals surface area contributed by atoms with Gasteiger partial charge in [-0.3, -0.25) is 0 Å². The second kappa shape index (κ2) is 9.18. The monoisotopic (exact) mass is 489 g/mol. The number of nitrogens with zero attached hydrogens (tertiary/aromatic N) is 1. The van der Waals surface area contributed by atoms with E-state index in [0.29, 0.717) is 12.1 Å². The summed E-state index contributed by atoms with van der Waals surface area (Å²) in [5.74, 6) is -7.64. The van der Waals surface area contributed by atoms with E-state index in [1.165, 1.54) is 18.2 Å². The van der Waals surface area contributed by atoms with E-state index in [9.17, 15) is 52.7 Å². The molecule has 0 radical (unpaired) electrons. The molecule has 12 heteroatoms. The maximum Gasteiger partial charge on any atom is 0.458 e. The number of alkyl halides is 5. The number of aliphatic hydroxyl groups excluding tert-OH is 4. The molecule has 2 aromatic rings. The summed E-state index contributed by atoms with van der Waals surface area (Å²) in [7, 11) is 0. The molecule has 1 aliphatic heterocycles. The van der Waals surface area contributed by atoms with E-state index in [2.05, 4.69) is 0 Å². The Labute approximate surface area is 189 Å². The average molecular weight is 489 g/mol. The number of hydrogen-bond donors (Lipinski definition) is 5. The second-order valence-electron chi connectivity index (χ2n) is 7.89. The Bertz CT molecular complexity index is 1070. The molecule has 7 nitrogen and oxygen atoms in total. The van der Waals surface area contributed by atoms with E-state index in [-0.39, 0.29) is 28.7 Å². The van der Waals surface area contributed by atoms with Crippen LogP contribution in [0.3, 0.4) is 0 Å². The van der Waals surface area contributed by atoms with Crippen molar-refractivity contribution >= 4 is 0 Å². The van der Waals surface area contributed by atoms with E-state index in [1.54, 1.807) is 0 Å². The highest BCUT2D eigenvalue weighted by molar-refractivity contribution is 5.45. The minimum Gasteiger partial charge on any atom is -0.394 e. The molecule has 2 aromatic carbocycles. The van der Waals surface area contributed by atoms with Gasteiger partial charge in [-0.2, -0.15) is 27.2 Å². The smallest absolute Gasteiger partial charge is 0.394 e. The third kappa shape index (κ3) is 4.50. The highest BCUT2D eigenvalue weighted by Gasteiger charge is 2.58. The van der Waals surface area contributed by atoms with Crippen LogP contribution < -0.4 is 0 Å². The zero-order valence-corrected chi connectivity index (χ0v) is 17.2. The fraction of sp³-hybridized carbons (Fsp3) is 0.409. The lowest BCUT2D eigenvalue weighted by Crippen LogP contribution is -2.63. The van der Waals surface area contributed by atoms with Crippen molar-refractivity contribution < 1.29 is 52.2 Å². The van der Waals surface area contributed by atoms with Crippen molar-refractivity contribution in [1.82, 2.24) is 0 Å². The molecule has 34 heavy (non-hydrogen) atoms. The number of benzene rings is 2. The van der Waals surface area contributed by atoms with Gasteiger partial charge in [0.15, 0.2) is 0 Å². The fourth-order valence-corrected chi connectivity index (χ4v) is 3.68. The second-order valence-corrected chi connectivity index (χ2v) is 7.89. The van der Waals surface area contributed by atoms with Crippen molar-refractivity contribution in [2.75, 3.05) is 6.61 Å². The van der Waals surface area contributed by atoms with Crippen LogP contribution in [-0.2, 0) is 22.9 Å². The number of hydrogen-bond acceptors (Lipinski definition) is 7. The molecule has 0 spiro atoms. The van der Waals surface area contributed by atoms with Crippen LogP contribution in [0.5, 0.6) is 0 Å². The Morgan fingerprint density at radius 1 is 0.971 bits per heavy atom. The summed E-state index contributed by atoms with van der Waals surface area (Å²) in [5.41, 5.74) is -0.884. The summed E-state index contributed by atoms with van der Waals surface area (Å²) in [4.78, 5) is 0. The van der Waals surface area contributed by atoms with E-state index in [1.807, 2.05) is 6.07 Å². The third-order valence-electron chi connectivity index (χ3n) is 5.67. The molecule has 0 amide bonds. The van der Waals surface area contributed by atoms with Gasteiger partial charge in [0, 0.05) is 11.1 Å². The quantitative estimate of drug-likeness (QED) is 0.401. The van der Waals surface area contributed by atoms with Crippen LogP contribution in [0.15, 0.2) is 42.5 Å². The van der Waals surface area contributed by atoms with Gasteiger partial charge in [-0.05, 0) is 29.7 Å². The van der Waals surface area contributed by atoms with Gasteiger partial charge in [-0.25, -0.2) is 0 Å². The zero-order chi connectivity index (χ0) is 25.5. The average Bonchev–Trinajstić information content (AvgIpc) is 2.79. The summed E-state index contributed by atoms with van der Waals surface area (Å²) in [6.45, 7) is -0.800. The first kappa shape index (κ1) is 26.0. The van der Waals surface area contributed by atoms with Gasteiger partial charge < -0.3 is 30.3 Å². The molecule has 1 fully saturated rings. The molecular weight excluding hydrogens is 469 g/mol. The van der Waals surface area contributed by atoms with Gasteiger partial charge in [0.2, 0.25) is 5.79 Å². The Morgan fingerprint density at radius 3 is 2.12 bits per heavy atom. The standard InChI is InChI=1S/C22H20F5NO6/c23-21(24,22(25,26)27)14-4-1-11(2-5-14)7-13-8-15(6-3-12(13)9-28)20(33)19(32)18(31)17(30)16(10-29)34-20/h1-6,8,16-19,29-33H,7,10H2/t16-,17-,18+,19-,20-/m1/s1. The summed E-state index contributed by atoms with van der Waals surface area (Å²) in [6.07, 6.45) is -13.0. The molecule has 0 saturated carbocycles. The highest BCUT2D eigenvalue weighted by Crippen LogP contribution is 2.44. The lowest BCUT2D eigenvalue weighted by Gasteiger charge is -2.45. The molecule has 5 N–H and O–H groups in total. The van der Waals surface area contributed by atoms with Gasteiger partial charge in [-0.1, -0.05) is 30.3 Å². The maximum atomic E-state index is 13.5. The predicted octanol–water partition coefficient (Wildman–Crippen LogP) is 1.42. The van der Waals surface area contributed by atoms with Crippen LogP contribution in [0.25, 0.3) is 0 Å². The van der Waals surface area contributed by atoms with Crippen molar-refractivity contribution in [1.29, 1.82) is 5.26 Å². The summed E-state index contributed by atoms with van der Waals surface area (Å²) >= 11 is 0. The van der Waals surface area contributed by atoms with Crippen molar-refractivity contribution in [3.05, 3.63) is 70.3 Å². The van der Waals surface area contributed by atoms with E-state index >= 15 is 0 Å². The predicted molar refractivity (Wildman–Crippen MR) is 104 cm³/mol. The molecule has 184 valence electrons. The normalized spacial score (nSPS) is 27.9. The first-order chi connectivity index (χ1) is 15.8. The molecule has 1 saturated heterocycles. The number of rotatable bonds is 5. The van der Waals surface area contributed by atoms with Crippen LogP contribution in [-0.4, -0.2) is 62.7 Å². The Morgan fingerprint density at radius 2 is 1.59 bits per heavy atom. The van der Waals surface area contributed by atoms with Gasteiger partial charge in [0.25, 0.3) is 0 Å². The minimum absolute atomic E-state index is 0.0710. The van der Waals surface area contributed by atoms with Crippen LogP contribution in [0.1, 0.15) is 27.8 Å². The lowest BCUT2D eigenvalue weighted by atomic mass is 9.86. The van der Waals surface area contributed by atoms with Crippen molar-refractivity contribution in [2.24, 2.45) is 0 Å². The lowest BCUT2D eigenvalue weighted by molar-refractivity contribution is -0.357. The maximum absolute atomic E-state index is 13.5. The molecule has 0 unspecified atom stereocenters.